The molecule has 2 N–H and O–H groups in total. The van der Waals surface area contributed by atoms with E-state index in [1.54, 1.807) is 6.20 Å². The first-order valence-electron chi connectivity index (χ1n) is 7.00. The maximum Gasteiger partial charge on any atom is 0.252 e. The smallest absolute Gasteiger partial charge is 0.252 e. The van der Waals surface area contributed by atoms with Gasteiger partial charge in [0.05, 0.1) is 6.04 Å². The highest BCUT2D eigenvalue weighted by molar-refractivity contribution is 7.98. The Kier molecular flexibility index (Phi) is 5.04. The number of nitrogens with one attached hydrogen (secondary N) is 2. The van der Waals surface area contributed by atoms with E-state index in [9.17, 15) is 4.79 Å². The predicted octanol–water partition coefficient (Wildman–Crippen LogP) is 3.04. The van der Waals surface area contributed by atoms with Gasteiger partial charge < -0.3 is 5.32 Å². The maximum atomic E-state index is 12.6. The number of rotatable bonds is 6. The zero-order valence-electron chi connectivity index (χ0n) is 12.4. The number of thioether (sulfide) groups is 1. The molecule has 0 spiro atoms. The Bertz CT molecular complexity index is 758. The first-order chi connectivity index (χ1) is 11.2. The fraction of sp³-hybridized carbons (Fsp3) is 0.200. The number of aromatic nitrogens is 4. The summed E-state index contributed by atoms with van der Waals surface area (Å²) in [4.78, 5) is 20.9. The molecule has 1 amide bonds. The molecule has 6 nitrogen and oxygen atoms in total. The summed E-state index contributed by atoms with van der Waals surface area (Å²) in [5.41, 5.74) is 1.63. The summed E-state index contributed by atoms with van der Waals surface area (Å²) in [5, 5.41) is 13.1. The van der Waals surface area contributed by atoms with Gasteiger partial charge in [-0.15, -0.1) is 11.3 Å². The van der Waals surface area contributed by atoms with Gasteiger partial charge in [0, 0.05) is 22.9 Å². The standard InChI is InChI=1S/C15H15N5OS2/c1-10(14-16-6-7-22-14)19-13(21)12-5-3-2-4-11(12)8-23-15-17-9-18-20-15/h2-7,9-10H,8H2,1H3,(H,19,21)(H,17,18,20)/t10-/m1/s1. The third-order valence-electron chi connectivity index (χ3n) is 3.19. The van der Waals surface area contributed by atoms with Gasteiger partial charge in [0.25, 0.3) is 5.91 Å². The summed E-state index contributed by atoms with van der Waals surface area (Å²) in [5.74, 6) is 0.547. The van der Waals surface area contributed by atoms with E-state index in [-0.39, 0.29) is 11.9 Å². The van der Waals surface area contributed by atoms with Crippen molar-refractivity contribution in [3.8, 4) is 0 Å². The van der Waals surface area contributed by atoms with E-state index in [1.807, 2.05) is 36.6 Å². The summed E-state index contributed by atoms with van der Waals surface area (Å²) < 4.78 is 0. The highest BCUT2D eigenvalue weighted by atomic mass is 32.2. The number of benzene rings is 1. The second-order valence-corrected chi connectivity index (χ2v) is 6.69. The molecule has 1 aromatic carbocycles. The fourth-order valence-corrected chi connectivity index (χ4v) is 3.49. The molecule has 2 aromatic heterocycles. The third-order valence-corrected chi connectivity index (χ3v) is 5.07. The van der Waals surface area contributed by atoms with Gasteiger partial charge in [-0.1, -0.05) is 30.0 Å². The maximum absolute atomic E-state index is 12.6. The molecule has 3 aromatic rings. The van der Waals surface area contributed by atoms with Crippen molar-refractivity contribution < 1.29 is 4.79 Å². The van der Waals surface area contributed by atoms with Gasteiger partial charge in [-0.25, -0.2) is 9.97 Å². The van der Waals surface area contributed by atoms with E-state index in [1.165, 1.54) is 29.4 Å². The molecule has 8 heteroatoms. The minimum atomic E-state index is -0.113. The van der Waals surface area contributed by atoms with Crippen LogP contribution >= 0.6 is 23.1 Å². The lowest BCUT2D eigenvalue weighted by Crippen LogP contribution is -2.27. The number of hydrogen-bond acceptors (Lipinski definition) is 6. The number of carbonyl (C=O) groups excluding carboxylic acids is 1. The van der Waals surface area contributed by atoms with Crippen LogP contribution in [0.3, 0.4) is 0 Å². The Hall–Kier alpha value is -2.19. The van der Waals surface area contributed by atoms with Crippen molar-refractivity contribution in [3.05, 3.63) is 58.3 Å². The van der Waals surface area contributed by atoms with Gasteiger partial charge in [-0.05, 0) is 18.6 Å². The van der Waals surface area contributed by atoms with Crippen molar-refractivity contribution in [1.29, 1.82) is 0 Å². The molecule has 0 aliphatic carbocycles. The average Bonchev–Trinajstić information content (AvgIpc) is 3.26. The van der Waals surface area contributed by atoms with Gasteiger partial charge in [0.15, 0.2) is 5.16 Å². The number of amides is 1. The van der Waals surface area contributed by atoms with Crippen molar-refractivity contribution in [2.45, 2.75) is 23.9 Å². The third kappa shape index (κ3) is 3.96. The van der Waals surface area contributed by atoms with Crippen LogP contribution in [0.5, 0.6) is 0 Å². The molecule has 2 heterocycles. The fourth-order valence-electron chi connectivity index (χ4n) is 2.06. The summed E-state index contributed by atoms with van der Waals surface area (Å²) >= 11 is 3.04. The van der Waals surface area contributed by atoms with Gasteiger partial charge >= 0.3 is 0 Å². The average molecular weight is 345 g/mol. The molecule has 0 saturated carbocycles. The molecule has 118 valence electrons. The number of H-pyrrole nitrogens is 1. The van der Waals surface area contributed by atoms with E-state index >= 15 is 0 Å². The lowest BCUT2D eigenvalue weighted by Gasteiger charge is -2.13. The van der Waals surface area contributed by atoms with E-state index in [4.69, 9.17) is 0 Å². The van der Waals surface area contributed by atoms with Crippen LogP contribution in [-0.2, 0) is 5.75 Å². The minimum absolute atomic E-state index is 0.0959. The molecule has 0 saturated heterocycles. The van der Waals surface area contributed by atoms with Crippen molar-refractivity contribution in [1.82, 2.24) is 25.5 Å². The molecule has 23 heavy (non-hydrogen) atoms. The Balaban J connectivity index is 1.70. The number of hydrogen-bond donors (Lipinski definition) is 2. The van der Waals surface area contributed by atoms with Crippen molar-refractivity contribution >= 4 is 29.0 Å². The number of thiazole rings is 1. The highest BCUT2D eigenvalue weighted by Gasteiger charge is 2.16. The second kappa shape index (κ2) is 7.38. The van der Waals surface area contributed by atoms with E-state index in [0.29, 0.717) is 11.3 Å². The summed E-state index contributed by atoms with van der Waals surface area (Å²) in [6, 6.07) is 7.47. The lowest BCUT2D eigenvalue weighted by molar-refractivity contribution is 0.0939. The zero-order chi connectivity index (χ0) is 16.1. The molecule has 0 radical (unpaired) electrons. The predicted molar refractivity (Wildman–Crippen MR) is 90.4 cm³/mol. The van der Waals surface area contributed by atoms with Crippen LogP contribution in [0.4, 0.5) is 0 Å². The van der Waals surface area contributed by atoms with Crippen molar-refractivity contribution in [2.24, 2.45) is 0 Å². The Morgan fingerprint density at radius 1 is 1.39 bits per heavy atom. The molecule has 0 fully saturated rings. The van der Waals surface area contributed by atoms with E-state index in [0.717, 1.165) is 15.7 Å². The van der Waals surface area contributed by atoms with Crippen LogP contribution in [0.1, 0.15) is 33.9 Å². The highest BCUT2D eigenvalue weighted by Crippen LogP contribution is 2.22. The molecule has 0 aliphatic heterocycles. The van der Waals surface area contributed by atoms with Crippen molar-refractivity contribution in [2.75, 3.05) is 0 Å². The molecule has 0 unspecified atom stereocenters. The van der Waals surface area contributed by atoms with Crippen LogP contribution in [0.2, 0.25) is 0 Å². The first-order valence-corrected chi connectivity index (χ1v) is 8.87. The Morgan fingerprint density at radius 2 is 2.26 bits per heavy atom. The molecular formula is C15H15N5OS2. The van der Waals surface area contributed by atoms with Gasteiger partial charge in [-0.3, -0.25) is 9.89 Å². The molecule has 0 aliphatic rings. The Labute approximate surface area is 141 Å². The van der Waals surface area contributed by atoms with Crippen LogP contribution in [0, 0.1) is 0 Å². The van der Waals surface area contributed by atoms with Gasteiger partial charge in [-0.2, -0.15) is 5.10 Å². The summed E-state index contributed by atoms with van der Waals surface area (Å²) in [7, 11) is 0. The second-order valence-electron chi connectivity index (χ2n) is 4.80. The van der Waals surface area contributed by atoms with Crippen molar-refractivity contribution in [3.63, 3.8) is 0 Å². The Morgan fingerprint density at radius 3 is 3.00 bits per heavy atom. The van der Waals surface area contributed by atoms with E-state index in [2.05, 4.69) is 25.5 Å². The van der Waals surface area contributed by atoms with Crippen LogP contribution in [0.25, 0.3) is 0 Å². The first kappa shape index (κ1) is 15.7. The summed E-state index contributed by atoms with van der Waals surface area (Å²) in [6.45, 7) is 1.93. The molecule has 1 atom stereocenters. The lowest BCUT2D eigenvalue weighted by atomic mass is 10.1. The van der Waals surface area contributed by atoms with Crippen LogP contribution in [-0.4, -0.2) is 26.1 Å². The van der Waals surface area contributed by atoms with E-state index < -0.39 is 0 Å². The largest absolute Gasteiger partial charge is 0.343 e. The normalized spacial score (nSPS) is 12.0. The number of nitrogens with zero attached hydrogens (tertiary/aromatic N) is 3. The zero-order valence-corrected chi connectivity index (χ0v) is 14.0. The molecular weight excluding hydrogens is 330 g/mol. The van der Waals surface area contributed by atoms with Crippen LogP contribution < -0.4 is 5.32 Å². The van der Waals surface area contributed by atoms with Crippen LogP contribution in [0.15, 0.2) is 47.3 Å². The quantitative estimate of drug-likeness (QED) is 0.671. The van der Waals surface area contributed by atoms with Gasteiger partial charge in [0.1, 0.15) is 11.3 Å². The minimum Gasteiger partial charge on any atom is -0.343 e. The monoisotopic (exact) mass is 345 g/mol. The SMILES string of the molecule is C[C@@H](NC(=O)c1ccccc1CSc1ncn[nH]1)c1nccs1. The van der Waals surface area contributed by atoms with Gasteiger partial charge in [0.2, 0.25) is 0 Å². The topological polar surface area (TPSA) is 83.6 Å². The molecule has 3 rings (SSSR count). The molecule has 0 bridgehead atoms. The number of carbonyl (C=O) groups is 1. The number of aromatic amines is 1. The summed E-state index contributed by atoms with van der Waals surface area (Å²) in [6.07, 6.45) is 3.21.